The van der Waals surface area contributed by atoms with Crippen molar-refractivity contribution in [2.45, 2.75) is 49.4 Å². The third kappa shape index (κ3) is 9.49. The van der Waals surface area contributed by atoms with Gasteiger partial charge in [0.25, 0.3) is 0 Å². The monoisotopic (exact) mass is 1350 g/mol. The zero-order chi connectivity index (χ0) is 67.9. The van der Waals surface area contributed by atoms with Crippen LogP contribution in [0.5, 0.6) is 17.2 Å². The molecule has 0 fully saturated rings. The van der Waals surface area contributed by atoms with Crippen molar-refractivity contribution < 1.29 is 14.2 Å². The Morgan fingerprint density at radius 2 is 0.515 bits per heavy atom. The van der Waals surface area contributed by atoms with E-state index in [1.807, 2.05) is 54.8 Å². The average Bonchev–Trinajstić information content (AvgIpc) is 1.55. The molecule has 0 saturated heterocycles. The van der Waals surface area contributed by atoms with Crippen molar-refractivity contribution in [1.82, 2.24) is 0 Å². The highest BCUT2D eigenvalue weighted by Gasteiger charge is 2.52. The van der Waals surface area contributed by atoms with Crippen LogP contribution in [0.4, 0.5) is 0 Å². The van der Waals surface area contributed by atoms with E-state index in [2.05, 4.69) is 334 Å². The van der Waals surface area contributed by atoms with Gasteiger partial charge in [0.1, 0.15) is 37.1 Å². The van der Waals surface area contributed by atoms with Gasteiger partial charge in [-0.2, -0.15) is 0 Å². The van der Waals surface area contributed by atoms with Gasteiger partial charge in [0, 0.05) is 29.3 Å². The SMILES string of the molecule is CC#CCOc1ccc2cc(C3(c4ccc(C(C)(c5ccc(C6(c7ccc8cc(OCC#CC)ccc8c7)c7ccccc7-c7ccccc76)s5)c5ccc(C6(c7ccc8cc(OCC#CC)ccc8c7)c7ccccc7-c7ccccc76)s5)s4)c4ccccc4-c4ccccc43)ccc2c1. The summed E-state index contributed by atoms with van der Waals surface area (Å²) in [5, 5.41) is 6.79. The Bertz CT molecular complexity index is 5330. The Balaban J connectivity index is 0.873. The molecule has 3 aliphatic rings. The zero-order valence-corrected chi connectivity index (χ0v) is 58.7. The molecule has 0 bridgehead atoms. The molecule has 0 spiro atoms. The number of rotatable bonds is 15. The van der Waals surface area contributed by atoms with Crippen LogP contribution in [0, 0.1) is 35.5 Å². The molecule has 15 aromatic rings. The highest BCUT2D eigenvalue weighted by molar-refractivity contribution is 7.16. The minimum Gasteiger partial charge on any atom is -0.481 e. The van der Waals surface area contributed by atoms with Crippen molar-refractivity contribution in [3.8, 4) is 86.2 Å². The molecule has 101 heavy (non-hydrogen) atoms. The van der Waals surface area contributed by atoms with Gasteiger partial charge in [-0.1, -0.05) is 218 Å². The van der Waals surface area contributed by atoms with Gasteiger partial charge in [0.2, 0.25) is 0 Å². The van der Waals surface area contributed by atoms with E-state index in [1.165, 1.54) is 113 Å². The number of benzene rings is 12. The summed E-state index contributed by atoms with van der Waals surface area (Å²) in [5.74, 6) is 20.5. The van der Waals surface area contributed by atoms with Crippen molar-refractivity contribution in [3.63, 3.8) is 0 Å². The summed E-state index contributed by atoms with van der Waals surface area (Å²) in [6.45, 7) is 9.10. The van der Waals surface area contributed by atoms with E-state index in [-0.39, 0.29) is 0 Å². The van der Waals surface area contributed by atoms with E-state index >= 15 is 0 Å². The highest BCUT2D eigenvalue weighted by atomic mass is 32.1. The zero-order valence-electron chi connectivity index (χ0n) is 56.3. The fraction of sp³-hybridized carbons (Fsp3) is 0.116. The lowest BCUT2D eigenvalue weighted by molar-refractivity contribution is 0.370. The Morgan fingerprint density at radius 1 is 0.277 bits per heavy atom. The van der Waals surface area contributed by atoms with Crippen LogP contribution in [0.15, 0.2) is 291 Å². The third-order valence-electron chi connectivity index (χ3n) is 21.5. The van der Waals surface area contributed by atoms with E-state index in [0.717, 1.165) is 49.6 Å². The lowest BCUT2D eigenvalue weighted by Gasteiger charge is -2.34. The van der Waals surface area contributed by atoms with Crippen molar-refractivity contribution in [3.05, 3.63) is 371 Å². The van der Waals surface area contributed by atoms with Crippen LogP contribution in [0.25, 0.3) is 65.7 Å². The highest BCUT2D eigenvalue weighted by Crippen LogP contribution is 2.64. The molecule has 0 atom stereocenters. The van der Waals surface area contributed by atoms with Gasteiger partial charge in [0.05, 0.1) is 21.7 Å². The second-order valence-electron chi connectivity index (χ2n) is 26.5. The first-order valence-electron chi connectivity index (χ1n) is 34.4. The molecule has 0 N–H and O–H groups in total. The minimum atomic E-state index is -0.697. The summed E-state index contributed by atoms with van der Waals surface area (Å²) in [6.07, 6.45) is 0. The number of fused-ring (bicyclic) bond motifs is 12. The predicted octanol–water partition coefficient (Wildman–Crippen LogP) is 23.0. The molecule has 0 unspecified atom stereocenters. The molecule has 0 radical (unpaired) electrons. The minimum absolute atomic E-state index is 0.345. The smallest absolute Gasteiger partial charge is 0.149 e. The topological polar surface area (TPSA) is 27.7 Å². The van der Waals surface area contributed by atoms with Crippen molar-refractivity contribution in [2.24, 2.45) is 0 Å². The summed E-state index contributed by atoms with van der Waals surface area (Å²) < 4.78 is 18.4. The van der Waals surface area contributed by atoms with Crippen LogP contribution in [-0.4, -0.2) is 19.8 Å². The molecule has 12 aromatic carbocycles. The van der Waals surface area contributed by atoms with Crippen molar-refractivity contribution in [1.29, 1.82) is 0 Å². The van der Waals surface area contributed by atoms with Gasteiger partial charge >= 0.3 is 0 Å². The molecule has 0 amide bonds. The fourth-order valence-corrected chi connectivity index (χ4v) is 21.3. The number of hydrogen-bond donors (Lipinski definition) is 0. The quantitative estimate of drug-likeness (QED) is 0.0958. The Labute approximate surface area is 602 Å². The van der Waals surface area contributed by atoms with Crippen LogP contribution in [-0.2, 0) is 21.7 Å². The van der Waals surface area contributed by atoms with Crippen LogP contribution in [0.3, 0.4) is 0 Å². The van der Waals surface area contributed by atoms with E-state index in [9.17, 15) is 0 Å². The third-order valence-corrected chi connectivity index (χ3v) is 25.7. The van der Waals surface area contributed by atoms with Gasteiger partial charge in [-0.15, -0.1) is 51.8 Å². The van der Waals surface area contributed by atoms with Crippen LogP contribution in [0.2, 0.25) is 0 Å². The number of thiophene rings is 3. The van der Waals surface area contributed by atoms with E-state index in [1.54, 1.807) is 0 Å². The first-order chi connectivity index (χ1) is 49.8. The Kier molecular flexibility index (Phi) is 15.2. The normalized spacial score (nSPS) is 13.7. The standard InChI is InChI=1S/C95H66O3S3/c1-5-8-53-96-71-44-38-62-56-68(41-35-65(62)59-71)93(80-29-17-11-23-74(80)75-24-12-18-30-81(75)93)89-50-47-86(99-89)92(4,87-48-51-90(100-87)94(82-31-19-13-25-76(82)77-26-14-20-32-83(77)94)69-42-36-66-60-72(97-54-9-6-2)45-39-63(66)57-69)88-49-52-91(101-88)95(84-33-21-15-27-78(84)79-28-16-22-34-85(79)95)70-43-37-67-61-73(98-55-10-7-3)46-40-64(67)58-70/h11-52,56-61H,53-55H2,1-4H3. The Morgan fingerprint density at radius 3 is 0.772 bits per heavy atom. The molecule has 0 aliphatic heterocycles. The molecular formula is C95H66O3S3. The van der Waals surface area contributed by atoms with Gasteiger partial charge in [-0.3, -0.25) is 0 Å². The van der Waals surface area contributed by atoms with E-state index in [4.69, 9.17) is 14.2 Å². The maximum Gasteiger partial charge on any atom is 0.149 e. The lowest BCUT2D eigenvalue weighted by atomic mass is 9.71. The molecule has 6 heteroatoms. The van der Waals surface area contributed by atoms with Crippen molar-refractivity contribution >= 4 is 66.3 Å². The van der Waals surface area contributed by atoms with Crippen LogP contribution < -0.4 is 14.2 Å². The second kappa shape index (κ2) is 24.8. The van der Waals surface area contributed by atoms with Gasteiger partial charge < -0.3 is 14.2 Å². The van der Waals surface area contributed by atoms with Crippen LogP contribution in [0.1, 0.15) is 107 Å². The summed E-state index contributed by atoms with van der Waals surface area (Å²) >= 11 is 5.87. The summed E-state index contributed by atoms with van der Waals surface area (Å²) in [6, 6.07) is 110. The summed E-state index contributed by atoms with van der Waals surface area (Å²) in [4.78, 5) is 7.57. The molecule has 3 nitrogen and oxygen atoms in total. The Hall–Kier alpha value is -11.4. The first-order valence-corrected chi connectivity index (χ1v) is 36.8. The molecule has 3 aromatic heterocycles. The van der Waals surface area contributed by atoms with Crippen LogP contribution >= 0.6 is 34.0 Å². The van der Waals surface area contributed by atoms with Gasteiger partial charge in [-0.05, 0) is 234 Å². The average molecular weight is 1350 g/mol. The molecule has 3 aliphatic carbocycles. The molecule has 18 rings (SSSR count). The van der Waals surface area contributed by atoms with Gasteiger partial charge in [0.15, 0.2) is 0 Å². The number of hydrogen-bond acceptors (Lipinski definition) is 6. The molecule has 3 heterocycles. The largest absolute Gasteiger partial charge is 0.481 e. The second-order valence-corrected chi connectivity index (χ2v) is 29.7. The molecule has 0 saturated carbocycles. The van der Waals surface area contributed by atoms with E-state index < -0.39 is 21.7 Å². The predicted molar refractivity (Wildman–Crippen MR) is 420 cm³/mol. The van der Waals surface area contributed by atoms with Crippen molar-refractivity contribution in [2.75, 3.05) is 19.8 Å². The molecular weight excluding hydrogens is 1290 g/mol. The first kappa shape index (κ1) is 61.9. The van der Waals surface area contributed by atoms with E-state index in [0.29, 0.717) is 19.8 Å². The molecule has 482 valence electrons. The maximum atomic E-state index is 6.13. The lowest BCUT2D eigenvalue weighted by Crippen LogP contribution is -2.28. The summed E-state index contributed by atoms with van der Waals surface area (Å²) in [7, 11) is 0. The van der Waals surface area contributed by atoms with Gasteiger partial charge in [-0.25, -0.2) is 0 Å². The fourth-order valence-electron chi connectivity index (χ4n) is 16.9. The number of ether oxygens (including phenoxy) is 3. The maximum absolute atomic E-state index is 6.13. The summed E-state index contributed by atoms with van der Waals surface area (Å²) in [5.41, 5.74) is 16.2.